The fourth-order valence-corrected chi connectivity index (χ4v) is 2.78. The molecule has 0 aromatic heterocycles. The van der Waals surface area contributed by atoms with E-state index in [1.165, 1.54) is 12.1 Å². The summed E-state index contributed by atoms with van der Waals surface area (Å²) in [5.74, 6) is 0.172. The van der Waals surface area contributed by atoms with Crippen LogP contribution in [0.5, 0.6) is 11.5 Å². The largest absolute Gasteiger partial charge is 0.506 e. The Labute approximate surface area is 175 Å². The number of phenols is 1. The molecule has 0 atom stereocenters. The lowest BCUT2D eigenvalue weighted by atomic mass is 10.2. The number of rotatable bonds is 6. The molecule has 0 saturated carbocycles. The summed E-state index contributed by atoms with van der Waals surface area (Å²) in [6.07, 6.45) is 0. The first-order chi connectivity index (χ1) is 13.2. The van der Waals surface area contributed by atoms with E-state index in [4.69, 9.17) is 17.0 Å². The molecule has 0 aliphatic carbocycles. The highest BCUT2D eigenvalue weighted by molar-refractivity contribution is 9.10. The summed E-state index contributed by atoms with van der Waals surface area (Å²) in [4.78, 5) is 22.4. The zero-order chi connectivity index (χ0) is 20.8. The van der Waals surface area contributed by atoms with Gasteiger partial charge < -0.3 is 15.2 Å². The zero-order valence-corrected chi connectivity index (χ0v) is 17.5. The Bertz CT molecular complexity index is 920. The van der Waals surface area contributed by atoms with Crippen LogP contribution in [0.4, 0.5) is 11.4 Å². The van der Waals surface area contributed by atoms with Crippen molar-refractivity contribution in [2.45, 2.75) is 13.8 Å². The number of phenolic OH excluding ortho intramolecular Hbond substituents is 1. The molecule has 3 N–H and O–H groups in total. The zero-order valence-electron chi connectivity index (χ0n) is 15.1. The molecule has 2 aromatic carbocycles. The summed E-state index contributed by atoms with van der Waals surface area (Å²) in [7, 11) is 0. The molecule has 2 aromatic rings. The van der Waals surface area contributed by atoms with Crippen molar-refractivity contribution in [2.24, 2.45) is 5.92 Å². The lowest BCUT2D eigenvalue weighted by molar-refractivity contribution is -0.384. The van der Waals surface area contributed by atoms with Crippen molar-refractivity contribution >= 4 is 50.5 Å². The molecule has 28 heavy (non-hydrogen) atoms. The van der Waals surface area contributed by atoms with E-state index in [0.29, 0.717) is 28.3 Å². The fraction of sp³-hybridized carbons (Fsp3) is 0.222. The number of nitro groups is 1. The maximum Gasteiger partial charge on any atom is 0.273 e. The molecule has 8 nitrogen and oxygen atoms in total. The first-order valence-electron chi connectivity index (χ1n) is 8.19. The van der Waals surface area contributed by atoms with Crippen molar-refractivity contribution < 1.29 is 19.6 Å². The van der Waals surface area contributed by atoms with Gasteiger partial charge in [0.25, 0.3) is 11.6 Å². The lowest BCUT2D eigenvalue weighted by Crippen LogP contribution is -2.34. The number of thiocarbonyl (C=S) groups is 1. The number of ether oxygens (including phenoxy) is 1. The topological polar surface area (TPSA) is 114 Å². The van der Waals surface area contributed by atoms with Gasteiger partial charge in [0.2, 0.25) is 0 Å². The highest BCUT2D eigenvalue weighted by Gasteiger charge is 2.14. The van der Waals surface area contributed by atoms with E-state index in [1.807, 2.05) is 13.8 Å². The number of carbonyl (C=O) groups is 1. The van der Waals surface area contributed by atoms with E-state index in [9.17, 15) is 20.0 Å². The van der Waals surface area contributed by atoms with Crippen LogP contribution in [-0.4, -0.2) is 27.7 Å². The number of carbonyl (C=O) groups excluding carboxylic acids is 1. The van der Waals surface area contributed by atoms with Gasteiger partial charge in [-0.15, -0.1) is 0 Å². The van der Waals surface area contributed by atoms with Crippen LogP contribution < -0.4 is 15.4 Å². The molecule has 0 aliphatic heterocycles. The average molecular weight is 468 g/mol. The second-order valence-corrected chi connectivity index (χ2v) is 7.48. The molecule has 0 radical (unpaired) electrons. The van der Waals surface area contributed by atoms with Crippen LogP contribution in [0.3, 0.4) is 0 Å². The Hall–Kier alpha value is -2.72. The Balaban J connectivity index is 2.01. The average Bonchev–Trinajstić information content (AvgIpc) is 2.61. The Kier molecular flexibility index (Phi) is 7.30. The molecule has 0 spiro atoms. The smallest absolute Gasteiger partial charge is 0.273 e. The molecule has 2 rings (SSSR count). The molecule has 148 valence electrons. The van der Waals surface area contributed by atoms with Crippen LogP contribution in [0.1, 0.15) is 24.2 Å². The van der Waals surface area contributed by atoms with Gasteiger partial charge in [0.1, 0.15) is 11.5 Å². The Morgan fingerprint density at radius 3 is 2.61 bits per heavy atom. The molecule has 0 bridgehead atoms. The van der Waals surface area contributed by atoms with Crippen LogP contribution in [0, 0.1) is 16.0 Å². The lowest BCUT2D eigenvalue weighted by Gasteiger charge is -2.13. The van der Waals surface area contributed by atoms with Crippen molar-refractivity contribution in [1.29, 1.82) is 0 Å². The van der Waals surface area contributed by atoms with Gasteiger partial charge in [-0.2, -0.15) is 0 Å². The van der Waals surface area contributed by atoms with Crippen molar-refractivity contribution in [2.75, 3.05) is 11.9 Å². The first kappa shape index (κ1) is 21.6. The minimum absolute atomic E-state index is 0.0644. The number of hydrogen-bond acceptors (Lipinski definition) is 6. The number of benzene rings is 2. The number of nitro benzene ring substituents is 1. The summed E-state index contributed by atoms with van der Waals surface area (Å²) in [6, 6.07) is 8.38. The van der Waals surface area contributed by atoms with Gasteiger partial charge in [0.15, 0.2) is 5.11 Å². The van der Waals surface area contributed by atoms with Gasteiger partial charge in [-0.3, -0.25) is 20.2 Å². The molecule has 0 unspecified atom stereocenters. The number of hydrogen-bond donors (Lipinski definition) is 3. The number of nitrogens with zero attached hydrogens (tertiary/aromatic N) is 1. The van der Waals surface area contributed by atoms with E-state index in [-0.39, 0.29) is 22.2 Å². The molecule has 0 heterocycles. The Morgan fingerprint density at radius 2 is 2.04 bits per heavy atom. The maximum atomic E-state index is 12.4. The quantitative estimate of drug-likeness (QED) is 0.252. The van der Waals surface area contributed by atoms with E-state index >= 15 is 0 Å². The van der Waals surface area contributed by atoms with Crippen molar-refractivity contribution in [3.8, 4) is 11.5 Å². The number of amides is 1. The number of non-ortho nitro benzene ring substituents is 1. The standard InChI is InChI=1S/C18H18BrN3O5S/c1-10(2)9-27-16-6-3-11(7-13(16)19)17(24)21-18(28)20-14-5-4-12(22(25)26)8-15(14)23/h3-8,10,23H,9H2,1-2H3,(H2,20,21,24,28). The van der Waals surface area contributed by atoms with Crippen molar-refractivity contribution in [3.63, 3.8) is 0 Å². The van der Waals surface area contributed by atoms with Gasteiger partial charge in [0.05, 0.1) is 27.8 Å². The minimum Gasteiger partial charge on any atom is -0.506 e. The van der Waals surface area contributed by atoms with Gasteiger partial charge in [-0.25, -0.2) is 0 Å². The van der Waals surface area contributed by atoms with Crippen molar-refractivity contribution in [3.05, 3.63) is 56.5 Å². The van der Waals surface area contributed by atoms with Gasteiger partial charge >= 0.3 is 0 Å². The fourth-order valence-electron chi connectivity index (χ4n) is 2.08. The van der Waals surface area contributed by atoms with Gasteiger partial charge in [-0.1, -0.05) is 13.8 Å². The monoisotopic (exact) mass is 467 g/mol. The molecule has 10 heteroatoms. The molecule has 0 aliphatic rings. The normalized spacial score (nSPS) is 10.4. The molecular weight excluding hydrogens is 450 g/mol. The highest BCUT2D eigenvalue weighted by atomic mass is 79.9. The first-order valence-corrected chi connectivity index (χ1v) is 9.39. The Morgan fingerprint density at radius 1 is 1.32 bits per heavy atom. The van der Waals surface area contributed by atoms with Gasteiger partial charge in [-0.05, 0) is 58.3 Å². The summed E-state index contributed by atoms with van der Waals surface area (Å²) >= 11 is 8.43. The van der Waals surface area contributed by atoms with Crippen LogP contribution in [0.2, 0.25) is 0 Å². The molecular formula is C18H18BrN3O5S. The molecule has 0 saturated heterocycles. The number of nitrogens with one attached hydrogen (secondary N) is 2. The minimum atomic E-state index is -0.629. The van der Waals surface area contributed by atoms with Gasteiger partial charge in [0, 0.05) is 11.6 Å². The highest BCUT2D eigenvalue weighted by Crippen LogP contribution is 2.28. The van der Waals surface area contributed by atoms with Crippen LogP contribution >= 0.6 is 28.1 Å². The third kappa shape index (κ3) is 5.89. The predicted octanol–water partition coefficient (Wildman–Crippen LogP) is 4.22. The van der Waals surface area contributed by atoms with Crippen LogP contribution in [-0.2, 0) is 0 Å². The summed E-state index contributed by atoms with van der Waals surface area (Å²) in [5.41, 5.74) is 0.220. The number of aromatic hydroxyl groups is 1. The second-order valence-electron chi connectivity index (χ2n) is 6.22. The summed E-state index contributed by atoms with van der Waals surface area (Å²) in [5, 5.41) is 25.6. The third-order valence-corrected chi connectivity index (χ3v) is 4.26. The van der Waals surface area contributed by atoms with E-state index in [1.54, 1.807) is 18.2 Å². The van der Waals surface area contributed by atoms with Crippen LogP contribution in [0.25, 0.3) is 0 Å². The maximum absolute atomic E-state index is 12.4. The van der Waals surface area contributed by atoms with E-state index in [0.717, 1.165) is 6.07 Å². The number of halogens is 1. The summed E-state index contributed by atoms with van der Waals surface area (Å²) < 4.78 is 6.27. The number of anilines is 1. The van der Waals surface area contributed by atoms with Crippen LogP contribution in [0.15, 0.2) is 40.9 Å². The van der Waals surface area contributed by atoms with Crippen molar-refractivity contribution in [1.82, 2.24) is 5.32 Å². The van der Waals surface area contributed by atoms with E-state index in [2.05, 4.69) is 26.6 Å². The molecule has 0 fully saturated rings. The van der Waals surface area contributed by atoms with E-state index < -0.39 is 10.8 Å². The third-order valence-electron chi connectivity index (χ3n) is 3.43. The SMILES string of the molecule is CC(C)COc1ccc(C(=O)NC(=S)Nc2ccc([N+](=O)[O-])cc2O)cc1Br. The second kappa shape index (κ2) is 9.47. The summed E-state index contributed by atoms with van der Waals surface area (Å²) in [6.45, 7) is 4.62. The predicted molar refractivity (Wildman–Crippen MR) is 113 cm³/mol. The molecule has 1 amide bonds.